The summed E-state index contributed by atoms with van der Waals surface area (Å²) in [4.78, 5) is 21.1. The number of hydrogen-bond acceptors (Lipinski definition) is 6. The summed E-state index contributed by atoms with van der Waals surface area (Å²) in [5, 5.41) is 10.6. The van der Waals surface area contributed by atoms with E-state index in [2.05, 4.69) is 4.74 Å². The lowest BCUT2D eigenvalue weighted by Gasteiger charge is -2.23. The van der Waals surface area contributed by atoms with E-state index in [1.54, 1.807) is 6.92 Å². The fraction of sp³-hybridized carbons (Fsp3) is 0.417. The summed E-state index contributed by atoms with van der Waals surface area (Å²) in [6.45, 7) is 1.57. The lowest BCUT2D eigenvalue weighted by Crippen LogP contribution is -2.36. The van der Waals surface area contributed by atoms with Gasteiger partial charge in [-0.05, 0) is 19.1 Å². The smallest absolute Gasteiger partial charge is 0.307 e. The van der Waals surface area contributed by atoms with E-state index in [1.165, 1.54) is 14.2 Å². The molecular weight excluding hydrogens is 300 g/mol. The molecule has 0 aromatic heterocycles. The molecule has 0 aliphatic heterocycles. The molecule has 0 spiro atoms. The van der Waals surface area contributed by atoms with Crippen LogP contribution in [0.2, 0.25) is 0 Å². The fourth-order valence-electron chi connectivity index (χ4n) is 1.60. The zero-order valence-corrected chi connectivity index (χ0v) is 12.7. The summed E-state index contributed by atoms with van der Waals surface area (Å²) in [5.74, 6) is -0.520. The van der Waals surface area contributed by atoms with Gasteiger partial charge >= 0.3 is 5.97 Å². The van der Waals surface area contributed by atoms with Gasteiger partial charge in [0.2, 0.25) is 10.0 Å². The zero-order chi connectivity index (χ0) is 16.2. The SMILES string of the molecule is COC(=O)C[C@H](C)N(C)S(=O)(=O)c1ccc([N+](=O)[O-])cc1. The van der Waals surface area contributed by atoms with E-state index in [9.17, 15) is 23.3 Å². The standard InChI is InChI=1S/C12H16N2O6S/c1-9(8-12(15)20-3)13(2)21(18,19)11-6-4-10(5-7-11)14(16)17/h4-7,9H,8H2,1-3H3/t9-/m0/s1. The number of hydrogen-bond donors (Lipinski definition) is 0. The molecule has 0 aliphatic rings. The zero-order valence-electron chi connectivity index (χ0n) is 11.8. The average molecular weight is 316 g/mol. The van der Waals surface area contributed by atoms with Crippen LogP contribution < -0.4 is 0 Å². The topological polar surface area (TPSA) is 107 Å². The summed E-state index contributed by atoms with van der Waals surface area (Å²) in [6.07, 6.45) is -0.0841. The molecule has 1 atom stereocenters. The van der Waals surface area contributed by atoms with Crippen LogP contribution in [-0.4, -0.2) is 43.8 Å². The maximum absolute atomic E-state index is 12.3. The van der Waals surface area contributed by atoms with Crippen molar-refractivity contribution >= 4 is 21.7 Å². The van der Waals surface area contributed by atoms with Gasteiger partial charge in [-0.25, -0.2) is 8.42 Å². The van der Waals surface area contributed by atoms with Gasteiger partial charge in [0.1, 0.15) is 0 Å². The quantitative estimate of drug-likeness (QED) is 0.443. The van der Waals surface area contributed by atoms with E-state index >= 15 is 0 Å². The molecule has 1 aromatic rings. The molecule has 0 bridgehead atoms. The molecule has 0 aliphatic carbocycles. The molecule has 116 valence electrons. The first-order valence-electron chi connectivity index (χ1n) is 5.99. The first-order valence-corrected chi connectivity index (χ1v) is 7.43. The number of non-ortho nitro benzene ring substituents is 1. The third kappa shape index (κ3) is 3.99. The van der Waals surface area contributed by atoms with Crippen molar-refractivity contribution in [1.29, 1.82) is 0 Å². The Labute approximate surface area is 122 Å². The summed E-state index contributed by atoms with van der Waals surface area (Å²) in [5.41, 5.74) is -0.195. The summed E-state index contributed by atoms with van der Waals surface area (Å²) >= 11 is 0. The Balaban J connectivity index is 2.98. The van der Waals surface area contributed by atoms with Crippen LogP contribution in [0.4, 0.5) is 5.69 Å². The Morgan fingerprint density at radius 2 is 1.90 bits per heavy atom. The second-order valence-electron chi connectivity index (χ2n) is 4.40. The van der Waals surface area contributed by atoms with Gasteiger partial charge in [0.25, 0.3) is 5.69 Å². The number of methoxy groups -OCH3 is 1. The van der Waals surface area contributed by atoms with Crippen molar-refractivity contribution in [1.82, 2.24) is 4.31 Å². The lowest BCUT2D eigenvalue weighted by atomic mass is 10.2. The van der Waals surface area contributed by atoms with E-state index in [-0.39, 0.29) is 17.0 Å². The molecule has 8 nitrogen and oxygen atoms in total. The predicted octanol–water partition coefficient (Wildman–Crippen LogP) is 1.17. The van der Waals surface area contributed by atoms with Crippen molar-refractivity contribution in [3.05, 3.63) is 34.4 Å². The van der Waals surface area contributed by atoms with Gasteiger partial charge in [-0.3, -0.25) is 14.9 Å². The van der Waals surface area contributed by atoms with Gasteiger partial charge in [-0.1, -0.05) is 0 Å². The number of esters is 1. The second-order valence-corrected chi connectivity index (χ2v) is 6.40. The maximum Gasteiger partial charge on any atom is 0.307 e. The number of carbonyl (C=O) groups excluding carboxylic acids is 1. The van der Waals surface area contributed by atoms with Gasteiger partial charge in [0.05, 0.1) is 23.3 Å². The highest BCUT2D eigenvalue weighted by molar-refractivity contribution is 7.89. The monoisotopic (exact) mass is 316 g/mol. The van der Waals surface area contributed by atoms with Crippen LogP contribution in [0.5, 0.6) is 0 Å². The van der Waals surface area contributed by atoms with Crippen LogP contribution in [0.1, 0.15) is 13.3 Å². The molecule has 0 amide bonds. The van der Waals surface area contributed by atoms with Gasteiger partial charge in [0, 0.05) is 25.2 Å². The summed E-state index contributed by atoms with van der Waals surface area (Å²) in [7, 11) is -1.27. The largest absolute Gasteiger partial charge is 0.469 e. The van der Waals surface area contributed by atoms with E-state index in [0.29, 0.717) is 0 Å². The Hall–Kier alpha value is -2.00. The number of rotatable bonds is 6. The molecule has 0 fully saturated rings. The molecule has 0 N–H and O–H groups in total. The fourth-order valence-corrected chi connectivity index (χ4v) is 2.96. The molecule has 0 saturated carbocycles. The minimum Gasteiger partial charge on any atom is -0.469 e. The van der Waals surface area contributed by atoms with E-state index in [4.69, 9.17) is 0 Å². The Morgan fingerprint density at radius 1 is 1.38 bits per heavy atom. The minimum absolute atomic E-state index is 0.0766. The van der Waals surface area contributed by atoms with Crippen molar-refractivity contribution < 1.29 is 22.9 Å². The van der Waals surface area contributed by atoms with Gasteiger partial charge in [0.15, 0.2) is 0 Å². The molecule has 0 radical (unpaired) electrons. The first-order chi connectivity index (χ1) is 9.70. The Bertz CT molecular complexity index is 626. The number of carbonyl (C=O) groups is 1. The van der Waals surface area contributed by atoms with Crippen LogP contribution >= 0.6 is 0 Å². The van der Waals surface area contributed by atoms with Crippen LogP contribution in [0.25, 0.3) is 0 Å². The van der Waals surface area contributed by atoms with E-state index in [1.807, 2.05) is 0 Å². The van der Waals surface area contributed by atoms with E-state index in [0.717, 1.165) is 28.6 Å². The first kappa shape index (κ1) is 17.1. The third-order valence-corrected chi connectivity index (χ3v) is 5.02. The Morgan fingerprint density at radius 3 is 2.33 bits per heavy atom. The highest BCUT2D eigenvalue weighted by atomic mass is 32.2. The van der Waals surface area contributed by atoms with Crippen molar-refractivity contribution in [2.75, 3.05) is 14.2 Å². The second kappa shape index (κ2) is 6.64. The molecule has 0 unspecified atom stereocenters. The molecule has 0 heterocycles. The van der Waals surface area contributed by atoms with Gasteiger partial charge in [-0.15, -0.1) is 0 Å². The van der Waals surface area contributed by atoms with Crippen molar-refractivity contribution in [3.8, 4) is 0 Å². The van der Waals surface area contributed by atoms with Crippen molar-refractivity contribution in [2.24, 2.45) is 0 Å². The molecule has 21 heavy (non-hydrogen) atoms. The normalized spacial score (nSPS) is 13.0. The number of nitrogens with zero attached hydrogens (tertiary/aromatic N) is 2. The van der Waals surface area contributed by atoms with Gasteiger partial charge < -0.3 is 4.74 Å². The molecule has 1 rings (SSSR count). The summed E-state index contributed by atoms with van der Waals surface area (Å²) in [6, 6.07) is 3.96. The van der Waals surface area contributed by atoms with Gasteiger partial charge in [-0.2, -0.15) is 4.31 Å². The number of sulfonamides is 1. The van der Waals surface area contributed by atoms with Crippen LogP contribution in [-0.2, 0) is 19.6 Å². The molecule has 9 heteroatoms. The van der Waals surface area contributed by atoms with Crippen LogP contribution in [0.3, 0.4) is 0 Å². The average Bonchev–Trinajstić information content (AvgIpc) is 2.46. The number of nitro groups is 1. The number of benzene rings is 1. The highest BCUT2D eigenvalue weighted by Crippen LogP contribution is 2.21. The van der Waals surface area contributed by atoms with E-state index < -0.39 is 27.0 Å². The maximum atomic E-state index is 12.3. The van der Waals surface area contributed by atoms with Crippen LogP contribution in [0.15, 0.2) is 29.2 Å². The number of nitro benzene ring substituents is 1. The predicted molar refractivity (Wildman–Crippen MR) is 74.1 cm³/mol. The lowest BCUT2D eigenvalue weighted by molar-refractivity contribution is -0.384. The van der Waals surface area contributed by atoms with Crippen molar-refractivity contribution in [3.63, 3.8) is 0 Å². The van der Waals surface area contributed by atoms with Crippen LogP contribution in [0, 0.1) is 10.1 Å². The number of ether oxygens (including phenoxy) is 1. The molecule has 0 saturated heterocycles. The highest BCUT2D eigenvalue weighted by Gasteiger charge is 2.27. The minimum atomic E-state index is -3.83. The molecular formula is C12H16N2O6S. The Kier molecular flexibility index (Phi) is 5.39. The third-order valence-electron chi connectivity index (χ3n) is 3.03. The molecule has 1 aromatic carbocycles. The van der Waals surface area contributed by atoms with Crippen molar-refractivity contribution in [2.45, 2.75) is 24.3 Å². The summed E-state index contributed by atoms with van der Waals surface area (Å²) < 4.78 is 30.2.